The number of fused-ring (bicyclic) bond motifs is 1. The molecule has 0 aromatic carbocycles. The molecule has 0 amide bonds. The number of aryl methyl sites for hydroxylation is 2. The summed E-state index contributed by atoms with van der Waals surface area (Å²) in [7, 11) is 0. The third kappa shape index (κ3) is 6.25. The predicted octanol–water partition coefficient (Wildman–Crippen LogP) is 6.12. The van der Waals surface area contributed by atoms with E-state index >= 15 is 0 Å². The van der Waals surface area contributed by atoms with Crippen LogP contribution in [0.15, 0.2) is 17.3 Å². The maximum Gasteiger partial charge on any atom is 0.133 e. The number of hydrogen-bond acceptors (Lipinski definition) is 3. The average Bonchev–Trinajstić information content (AvgIpc) is 2.92. The van der Waals surface area contributed by atoms with Crippen molar-refractivity contribution in [2.75, 3.05) is 6.54 Å². The third-order valence-corrected chi connectivity index (χ3v) is 6.47. The molecule has 0 atom stereocenters. The topological polar surface area (TPSA) is 42.3 Å². The number of aliphatic imine (C=N–C) groups is 1. The van der Waals surface area contributed by atoms with Crippen molar-refractivity contribution in [1.29, 1.82) is 0 Å². The summed E-state index contributed by atoms with van der Waals surface area (Å²) < 4.78 is 0. The predicted molar refractivity (Wildman–Crippen MR) is 117 cm³/mol. The maximum absolute atomic E-state index is 12.3. The zero-order chi connectivity index (χ0) is 19.8. The lowest BCUT2D eigenvalue weighted by Crippen LogP contribution is -2.14. The first-order valence-corrected chi connectivity index (χ1v) is 11.7. The number of aromatic nitrogens is 1. The molecule has 3 rings (SSSR count). The lowest BCUT2D eigenvalue weighted by Gasteiger charge is -2.22. The molecule has 3 nitrogen and oxygen atoms in total. The number of nitrogens with zero attached hydrogens (tertiary/aromatic N) is 2. The number of rotatable bonds is 9. The Morgan fingerprint density at radius 3 is 2.71 bits per heavy atom. The van der Waals surface area contributed by atoms with E-state index in [9.17, 15) is 4.79 Å². The second-order valence-corrected chi connectivity index (χ2v) is 9.24. The van der Waals surface area contributed by atoms with Crippen molar-refractivity contribution in [1.82, 2.24) is 4.98 Å². The summed E-state index contributed by atoms with van der Waals surface area (Å²) in [6, 6.07) is 2.18. The van der Waals surface area contributed by atoms with Gasteiger partial charge in [-0.05, 0) is 62.0 Å². The lowest BCUT2D eigenvalue weighted by molar-refractivity contribution is -0.119. The highest BCUT2D eigenvalue weighted by atomic mass is 16.1. The van der Waals surface area contributed by atoms with Crippen LogP contribution in [0.3, 0.4) is 0 Å². The van der Waals surface area contributed by atoms with Crippen LogP contribution < -0.4 is 0 Å². The van der Waals surface area contributed by atoms with Crippen LogP contribution in [0.25, 0.3) is 0 Å². The van der Waals surface area contributed by atoms with Crippen molar-refractivity contribution in [2.45, 2.75) is 97.3 Å². The summed E-state index contributed by atoms with van der Waals surface area (Å²) in [4.78, 5) is 22.0. The van der Waals surface area contributed by atoms with E-state index in [1.807, 2.05) is 6.20 Å². The van der Waals surface area contributed by atoms with E-state index in [1.54, 1.807) is 0 Å². The molecule has 154 valence electrons. The first-order chi connectivity index (χ1) is 13.6. The van der Waals surface area contributed by atoms with Gasteiger partial charge in [-0.2, -0.15) is 0 Å². The van der Waals surface area contributed by atoms with Crippen molar-refractivity contribution in [3.63, 3.8) is 0 Å². The van der Waals surface area contributed by atoms with Crippen LogP contribution >= 0.6 is 0 Å². The smallest absolute Gasteiger partial charge is 0.133 e. The van der Waals surface area contributed by atoms with Crippen LogP contribution in [0.5, 0.6) is 0 Å². The summed E-state index contributed by atoms with van der Waals surface area (Å²) in [6.07, 6.45) is 16.6. The monoisotopic (exact) mass is 382 g/mol. The summed E-state index contributed by atoms with van der Waals surface area (Å²) in [5, 5.41) is 0. The molecule has 0 spiro atoms. The lowest BCUT2D eigenvalue weighted by atomic mass is 9.84. The van der Waals surface area contributed by atoms with Crippen molar-refractivity contribution in [2.24, 2.45) is 16.8 Å². The van der Waals surface area contributed by atoms with E-state index in [0.29, 0.717) is 24.5 Å². The Labute approximate surface area is 171 Å². The van der Waals surface area contributed by atoms with Gasteiger partial charge in [-0.15, -0.1) is 0 Å². The van der Waals surface area contributed by atoms with Crippen LogP contribution in [0.4, 0.5) is 0 Å². The Morgan fingerprint density at radius 1 is 1.11 bits per heavy atom. The Hall–Kier alpha value is -1.51. The van der Waals surface area contributed by atoms with E-state index in [-0.39, 0.29) is 0 Å². The molecule has 0 radical (unpaired) electrons. The van der Waals surface area contributed by atoms with Gasteiger partial charge in [0.2, 0.25) is 0 Å². The van der Waals surface area contributed by atoms with Gasteiger partial charge in [0.25, 0.3) is 0 Å². The first kappa shape index (κ1) is 21.2. The third-order valence-electron chi connectivity index (χ3n) is 6.47. The molecule has 3 heteroatoms. The number of ketones is 1. The van der Waals surface area contributed by atoms with Crippen LogP contribution in [0, 0.1) is 11.8 Å². The quantitative estimate of drug-likeness (QED) is 0.516. The van der Waals surface area contributed by atoms with E-state index in [4.69, 9.17) is 9.98 Å². The van der Waals surface area contributed by atoms with Gasteiger partial charge in [-0.1, -0.05) is 46.0 Å². The molecule has 1 aliphatic heterocycles. The number of carbonyl (C=O) groups is 1. The molecule has 0 unspecified atom stereocenters. The van der Waals surface area contributed by atoms with Crippen LogP contribution in [-0.2, 0) is 17.6 Å². The molecule has 0 bridgehead atoms. The van der Waals surface area contributed by atoms with Gasteiger partial charge in [-0.25, -0.2) is 0 Å². The summed E-state index contributed by atoms with van der Waals surface area (Å²) in [6.45, 7) is 5.25. The molecular weight excluding hydrogens is 344 g/mol. The number of hydrogen-bond donors (Lipinski definition) is 0. The molecule has 1 aromatic heterocycles. The fourth-order valence-electron chi connectivity index (χ4n) is 4.72. The molecule has 1 saturated carbocycles. The van der Waals surface area contributed by atoms with Gasteiger partial charge in [0, 0.05) is 42.6 Å². The zero-order valence-corrected chi connectivity index (χ0v) is 18.0. The SMILES string of the molecule is CC(C)CCC(=O)CCC1=NCCCc2ccnc(CCC3CCCCC3)c21. The van der Waals surface area contributed by atoms with Crippen molar-refractivity contribution < 1.29 is 4.79 Å². The Balaban J connectivity index is 1.68. The van der Waals surface area contributed by atoms with E-state index in [1.165, 1.54) is 55.3 Å². The standard InChI is InChI=1S/C25H38N2O/c1-19(2)10-12-22(28)13-15-24-25-21(9-6-17-26-24)16-18-27-23(25)14-11-20-7-4-3-5-8-20/h16,18-20H,3-15,17H2,1-2H3. The minimum absolute atomic E-state index is 0.384. The Kier molecular flexibility index (Phi) is 8.24. The molecule has 1 aromatic rings. The van der Waals surface area contributed by atoms with Gasteiger partial charge in [0.1, 0.15) is 5.78 Å². The fourth-order valence-corrected chi connectivity index (χ4v) is 4.72. The number of pyridine rings is 1. The normalized spacial score (nSPS) is 17.9. The van der Waals surface area contributed by atoms with Gasteiger partial charge < -0.3 is 0 Å². The maximum atomic E-state index is 12.3. The van der Waals surface area contributed by atoms with Gasteiger partial charge in [0.15, 0.2) is 0 Å². The highest BCUT2D eigenvalue weighted by Crippen LogP contribution is 2.29. The molecule has 2 aliphatic rings. The highest BCUT2D eigenvalue weighted by Gasteiger charge is 2.20. The zero-order valence-electron chi connectivity index (χ0n) is 18.0. The van der Waals surface area contributed by atoms with E-state index in [2.05, 4.69) is 19.9 Å². The molecule has 2 heterocycles. The van der Waals surface area contributed by atoms with Crippen molar-refractivity contribution in [3.05, 3.63) is 29.1 Å². The molecule has 0 N–H and O–H groups in total. The molecule has 28 heavy (non-hydrogen) atoms. The van der Waals surface area contributed by atoms with Gasteiger partial charge in [0.05, 0.1) is 0 Å². The summed E-state index contributed by atoms with van der Waals surface area (Å²) in [5.41, 5.74) is 5.09. The van der Waals surface area contributed by atoms with Crippen LogP contribution in [0.2, 0.25) is 0 Å². The number of carbonyl (C=O) groups excluding carboxylic acids is 1. The van der Waals surface area contributed by atoms with Gasteiger partial charge in [-0.3, -0.25) is 14.8 Å². The Bertz CT molecular complexity index is 671. The Morgan fingerprint density at radius 2 is 1.93 bits per heavy atom. The number of Topliss-reactive ketones (excluding diaryl/α,β-unsaturated/α-hetero) is 1. The van der Waals surface area contributed by atoms with Crippen molar-refractivity contribution in [3.8, 4) is 0 Å². The minimum atomic E-state index is 0.384. The molecule has 1 aliphatic carbocycles. The molecular formula is C25H38N2O. The average molecular weight is 383 g/mol. The summed E-state index contributed by atoms with van der Waals surface area (Å²) >= 11 is 0. The van der Waals surface area contributed by atoms with Crippen LogP contribution in [-0.4, -0.2) is 23.0 Å². The molecule has 0 saturated heterocycles. The molecule has 1 fully saturated rings. The largest absolute Gasteiger partial charge is 0.300 e. The second kappa shape index (κ2) is 10.9. The highest BCUT2D eigenvalue weighted by molar-refractivity contribution is 6.04. The summed E-state index contributed by atoms with van der Waals surface area (Å²) in [5.74, 6) is 1.85. The van der Waals surface area contributed by atoms with E-state index in [0.717, 1.165) is 50.3 Å². The first-order valence-electron chi connectivity index (χ1n) is 11.7. The van der Waals surface area contributed by atoms with E-state index < -0.39 is 0 Å². The minimum Gasteiger partial charge on any atom is -0.300 e. The van der Waals surface area contributed by atoms with Gasteiger partial charge >= 0.3 is 0 Å². The second-order valence-electron chi connectivity index (χ2n) is 9.24. The fraction of sp³-hybridized carbons (Fsp3) is 0.720. The van der Waals surface area contributed by atoms with Crippen LogP contribution in [0.1, 0.15) is 101 Å². The van der Waals surface area contributed by atoms with Crippen molar-refractivity contribution >= 4 is 11.5 Å².